The van der Waals surface area contributed by atoms with Crippen LogP contribution in [0.25, 0.3) is 0 Å². The predicted octanol–water partition coefficient (Wildman–Crippen LogP) is 1.30. The average molecular weight is 226 g/mol. The van der Waals surface area contributed by atoms with Crippen molar-refractivity contribution in [3.8, 4) is 0 Å². The maximum Gasteiger partial charge on any atom is 0.0491 e. The smallest absolute Gasteiger partial charge is 0.0491 e. The number of likely N-dealkylation sites (tertiary alicyclic amines) is 2. The van der Waals surface area contributed by atoms with Crippen LogP contribution in [-0.2, 0) is 4.74 Å². The molecule has 0 radical (unpaired) electrons. The van der Waals surface area contributed by atoms with Crippen LogP contribution < -0.4 is 0 Å². The summed E-state index contributed by atoms with van der Waals surface area (Å²) >= 11 is 0. The van der Waals surface area contributed by atoms with Crippen LogP contribution in [0.3, 0.4) is 0 Å². The van der Waals surface area contributed by atoms with Crippen molar-refractivity contribution in [3.05, 3.63) is 0 Å². The Hall–Kier alpha value is -0.120. The molecule has 0 aliphatic carbocycles. The SMILES string of the molecule is COCC1CCN(CC2(C)CN(C)C2)CC1. The Balaban J connectivity index is 1.69. The van der Waals surface area contributed by atoms with Crippen LogP contribution in [0, 0.1) is 11.3 Å². The summed E-state index contributed by atoms with van der Waals surface area (Å²) in [6, 6.07) is 0. The molecule has 0 amide bonds. The fourth-order valence-corrected chi connectivity index (χ4v) is 3.44. The van der Waals surface area contributed by atoms with Gasteiger partial charge in [0.2, 0.25) is 0 Å². The molecule has 0 atom stereocenters. The van der Waals surface area contributed by atoms with Gasteiger partial charge in [0.1, 0.15) is 0 Å². The van der Waals surface area contributed by atoms with E-state index in [9.17, 15) is 0 Å². The Morgan fingerprint density at radius 3 is 2.38 bits per heavy atom. The predicted molar refractivity (Wildman–Crippen MR) is 66.6 cm³/mol. The van der Waals surface area contributed by atoms with Crippen molar-refractivity contribution in [1.29, 1.82) is 0 Å². The summed E-state index contributed by atoms with van der Waals surface area (Å²) in [5.41, 5.74) is 0.558. The van der Waals surface area contributed by atoms with Crippen molar-refractivity contribution >= 4 is 0 Å². The van der Waals surface area contributed by atoms with Crippen LogP contribution in [-0.4, -0.2) is 63.3 Å². The van der Waals surface area contributed by atoms with Gasteiger partial charge in [-0.05, 0) is 38.9 Å². The molecule has 0 bridgehead atoms. The summed E-state index contributed by atoms with van der Waals surface area (Å²) in [5.74, 6) is 0.804. The molecule has 3 heteroatoms. The maximum atomic E-state index is 5.24. The third kappa shape index (κ3) is 2.96. The lowest BCUT2D eigenvalue weighted by Crippen LogP contribution is -2.58. The first-order valence-electron chi connectivity index (χ1n) is 6.51. The molecular formula is C13H26N2O. The molecule has 2 saturated heterocycles. The van der Waals surface area contributed by atoms with Crippen molar-refractivity contribution in [2.45, 2.75) is 19.8 Å². The third-order valence-electron chi connectivity index (χ3n) is 4.02. The van der Waals surface area contributed by atoms with Crippen molar-refractivity contribution in [2.75, 3.05) is 53.5 Å². The topological polar surface area (TPSA) is 15.7 Å². The van der Waals surface area contributed by atoms with Crippen molar-refractivity contribution in [2.24, 2.45) is 11.3 Å². The molecule has 3 nitrogen and oxygen atoms in total. The lowest BCUT2D eigenvalue weighted by Gasteiger charge is -2.49. The van der Waals surface area contributed by atoms with E-state index in [0.717, 1.165) is 12.5 Å². The van der Waals surface area contributed by atoms with Gasteiger partial charge in [-0.15, -0.1) is 0 Å². The van der Waals surface area contributed by atoms with Gasteiger partial charge >= 0.3 is 0 Å². The molecule has 0 N–H and O–H groups in total. The normalized spacial score (nSPS) is 27.9. The highest BCUT2D eigenvalue weighted by molar-refractivity contribution is 4.92. The highest BCUT2D eigenvalue weighted by Crippen LogP contribution is 2.30. The molecule has 0 spiro atoms. The molecule has 2 heterocycles. The van der Waals surface area contributed by atoms with Gasteiger partial charge in [0, 0.05) is 38.8 Å². The zero-order valence-electron chi connectivity index (χ0n) is 11.0. The van der Waals surface area contributed by atoms with Crippen LogP contribution in [0.2, 0.25) is 0 Å². The summed E-state index contributed by atoms with van der Waals surface area (Å²) in [6.45, 7) is 9.75. The molecule has 0 aromatic rings. The van der Waals surface area contributed by atoms with E-state index < -0.39 is 0 Å². The second-order valence-corrected chi connectivity index (χ2v) is 6.16. The third-order valence-corrected chi connectivity index (χ3v) is 4.02. The van der Waals surface area contributed by atoms with Crippen LogP contribution in [0.15, 0.2) is 0 Å². The first-order chi connectivity index (χ1) is 7.61. The molecule has 2 aliphatic heterocycles. The highest BCUT2D eigenvalue weighted by atomic mass is 16.5. The van der Waals surface area contributed by atoms with E-state index in [-0.39, 0.29) is 0 Å². The highest BCUT2D eigenvalue weighted by Gasteiger charge is 2.38. The first kappa shape index (κ1) is 12.3. The lowest BCUT2D eigenvalue weighted by atomic mass is 9.81. The Morgan fingerprint density at radius 1 is 1.25 bits per heavy atom. The molecule has 2 fully saturated rings. The zero-order chi connectivity index (χ0) is 11.6. The van der Waals surface area contributed by atoms with E-state index in [1.165, 1.54) is 45.6 Å². The average Bonchev–Trinajstić information content (AvgIpc) is 2.19. The zero-order valence-corrected chi connectivity index (χ0v) is 11.0. The molecule has 94 valence electrons. The summed E-state index contributed by atoms with van der Waals surface area (Å²) < 4.78 is 5.24. The Bertz CT molecular complexity index is 218. The minimum Gasteiger partial charge on any atom is -0.384 e. The monoisotopic (exact) mass is 226 g/mol. The Morgan fingerprint density at radius 2 is 1.88 bits per heavy atom. The summed E-state index contributed by atoms with van der Waals surface area (Å²) in [4.78, 5) is 5.07. The van der Waals surface area contributed by atoms with Crippen molar-refractivity contribution < 1.29 is 4.74 Å². The van der Waals surface area contributed by atoms with E-state index in [1.807, 2.05) is 7.11 Å². The molecule has 2 aliphatic rings. The Kier molecular flexibility index (Phi) is 3.88. The lowest BCUT2D eigenvalue weighted by molar-refractivity contribution is -0.00634. The molecule has 0 unspecified atom stereocenters. The van der Waals surface area contributed by atoms with E-state index in [0.29, 0.717) is 5.41 Å². The summed E-state index contributed by atoms with van der Waals surface area (Å²) in [5, 5.41) is 0. The van der Waals surface area contributed by atoms with Gasteiger partial charge in [-0.3, -0.25) is 0 Å². The standard InChI is InChI=1S/C13H26N2O/c1-13(9-14(2)10-13)11-15-6-4-12(5-7-15)8-16-3/h12H,4-11H2,1-3H3. The Labute approximate surface area is 99.7 Å². The number of hydrogen-bond acceptors (Lipinski definition) is 3. The second-order valence-electron chi connectivity index (χ2n) is 6.16. The van der Waals surface area contributed by atoms with E-state index in [2.05, 4.69) is 23.8 Å². The van der Waals surface area contributed by atoms with Crippen molar-refractivity contribution in [1.82, 2.24) is 9.80 Å². The number of piperidine rings is 1. The number of hydrogen-bond donors (Lipinski definition) is 0. The van der Waals surface area contributed by atoms with Gasteiger partial charge < -0.3 is 14.5 Å². The van der Waals surface area contributed by atoms with Gasteiger partial charge in [0.25, 0.3) is 0 Å². The van der Waals surface area contributed by atoms with Crippen LogP contribution in [0.5, 0.6) is 0 Å². The van der Waals surface area contributed by atoms with Crippen LogP contribution in [0.1, 0.15) is 19.8 Å². The maximum absolute atomic E-state index is 5.24. The van der Waals surface area contributed by atoms with Gasteiger partial charge in [-0.2, -0.15) is 0 Å². The van der Waals surface area contributed by atoms with Gasteiger partial charge in [0.05, 0.1) is 0 Å². The van der Waals surface area contributed by atoms with E-state index in [4.69, 9.17) is 4.74 Å². The summed E-state index contributed by atoms with van der Waals surface area (Å²) in [6.07, 6.45) is 2.64. The molecule has 0 aromatic carbocycles. The largest absolute Gasteiger partial charge is 0.384 e. The van der Waals surface area contributed by atoms with Crippen molar-refractivity contribution in [3.63, 3.8) is 0 Å². The van der Waals surface area contributed by atoms with Crippen LogP contribution >= 0.6 is 0 Å². The number of methoxy groups -OCH3 is 1. The first-order valence-corrected chi connectivity index (χ1v) is 6.51. The van der Waals surface area contributed by atoms with Crippen LogP contribution in [0.4, 0.5) is 0 Å². The van der Waals surface area contributed by atoms with Gasteiger partial charge in [0.15, 0.2) is 0 Å². The number of rotatable bonds is 4. The van der Waals surface area contributed by atoms with Gasteiger partial charge in [-0.25, -0.2) is 0 Å². The summed E-state index contributed by atoms with van der Waals surface area (Å²) in [7, 11) is 4.03. The van der Waals surface area contributed by atoms with E-state index >= 15 is 0 Å². The minimum absolute atomic E-state index is 0.558. The molecular weight excluding hydrogens is 200 g/mol. The molecule has 0 saturated carbocycles. The molecule has 16 heavy (non-hydrogen) atoms. The quantitative estimate of drug-likeness (QED) is 0.718. The number of ether oxygens (including phenoxy) is 1. The van der Waals surface area contributed by atoms with E-state index in [1.54, 1.807) is 0 Å². The minimum atomic E-state index is 0.558. The second kappa shape index (κ2) is 5.03. The fraction of sp³-hybridized carbons (Fsp3) is 1.00. The molecule has 2 rings (SSSR count). The number of nitrogens with zero attached hydrogens (tertiary/aromatic N) is 2. The van der Waals surface area contributed by atoms with Gasteiger partial charge in [-0.1, -0.05) is 6.92 Å². The fourth-order valence-electron chi connectivity index (χ4n) is 3.44. The molecule has 0 aromatic heterocycles.